The van der Waals surface area contributed by atoms with E-state index in [2.05, 4.69) is 44.4 Å². The number of amides is 2. The van der Waals surface area contributed by atoms with Crippen molar-refractivity contribution in [3.63, 3.8) is 0 Å². The number of carbonyl (C=O) groups excluding carboxylic acids is 1. The highest BCUT2D eigenvalue weighted by Crippen LogP contribution is 2.25. The van der Waals surface area contributed by atoms with Gasteiger partial charge in [-0.1, -0.05) is 18.2 Å². The zero-order chi connectivity index (χ0) is 16.9. The molecule has 1 N–H and O–H groups in total. The van der Waals surface area contributed by atoms with Crippen LogP contribution in [0.15, 0.2) is 36.5 Å². The van der Waals surface area contributed by atoms with Gasteiger partial charge in [-0.15, -0.1) is 0 Å². The molecule has 1 fully saturated rings. The molecule has 1 aromatic carbocycles. The maximum Gasteiger partial charge on any atom is 0.317 e. The number of rotatable bonds is 4. The van der Waals surface area contributed by atoms with Crippen LogP contribution < -0.4 is 10.2 Å². The standard InChI is InChI=1S/C18H25N5O/c1-21(2)10-9-20-18(24)23-13-11-22(12-14-23)16-7-3-5-15-6-4-8-19-17(15)16/h3-8H,9-14H2,1-2H3,(H,20,24). The molecule has 1 aliphatic heterocycles. The zero-order valence-corrected chi connectivity index (χ0v) is 14.4. The fourth-order valence-corrected chi connectivity index (χ4v) is 2.99. The van der Waals surface area contributed by atoms with Crippen molar-refractivity contribution in [1.82, 2.24) is 20.1 Å². The molecule has 0 spiro atoms. The third-order valence-electron chi connectivity index (χ3n) is 4.35. The van der Waals surface area contributed by atoms with Crippen LogP contribution in [0.25, 0.3) is 10.9 Å². The third kappa shape index (κ3) is 3.76. The van der Waals surface area contributed by atoms with Crippen LogP contribution in [0.1, 0.15) is 0 Å². The van der Waals surface area contributed by atoms with E-state index >= 15 is 0 Å². The molecule has 6 nitrogen and oxygen atoms in total. The second kappa shape index (κ2) is 7.49. The van der Waals surface area contributed by atoms with Crippen LogP contribution in [0.5, 0.6) is 0 Å². The van der Waals surface area contributed by atoms with Crippen molar-refractivity contribution in [3.05, 3.63) is 36.5 Å². The van der Waals surface area contributed by atoms with Gasteiger partial charge < -0.3 is 20.0 Å². The van der Waals surface area contributed by atoms with E-state index in [1.54, 1.807) is 0 Å². The van der Waals surface area contributed by atoms with Gasteiger partial charge in [0.05, 0.1) is 11.2 Å². The maximum absolute atomic E-state index is 12.2. The number of fused-ring (bicyclic) bond motifs is 1. The smallest absolute Gasteiger partial charge is 0.317 e. The summed E-state index contributed by atoms with van der Waals surface area (Å²) in [6, 6.07) is 10.3. The van der Waals surface area contributed by atoms with Crippen LogP contribution in [-0.2, 0) is 0 Å². The van der Waals surface area contributed by atoms with Crippen LogP contribution in [0.4, 0.5) is 10.5 Å². The van der Waals surface area contributed by atoms with Gasteiger partial charge in [0, 0.05) is 50.9 Å². The lowest BCUT2D eigenvalue weighted by Crippen LogP contribution is -2.52. The molecule has 0 unspecified atom stereocenters. The van der Waals surface area contributed by atoms with E-state index in [-0.39, 0.29) is 6.03 Å². The number of piperazine rings is 1. The Kier molecular flexibility index (Phi) is 5.15. The minimum absolute atomic E-state index is 0.0348. The van der Waals surface area contributed by atoms with E-state index in [4.69, 9.17) is 0 Å². The van der Waals surface area contributed by atoms with Gasteiger partial charge in [0.2, 0.25) is 0 Å². The summed E-state index contributed by atoms with van der Waals surface area (Å²) >= 11 is 0. The lowest BCUT2D eigenvalue weighted by molar-refractivity contribution is 0.193. The summed E-state index contributed by atoms with van der Waals surface area (Å²) in [5.74, 6) is 0. The average molecular weight is 327 g/mol. The summed E-state index contributed by atoms with van der Waals surface area (Å²) < 4.78 is 0. The Morgan fingerprint density at radius 3 is 2.67 bits per heavy atom. The molecule has 2 heterocycles. The Labute approximate surface area is 143 Å². The Hall–Kier alpha value is -2.34. The number of hydrogen-bond donors (Lipinski definition) is 1. The van der Waals surface area contributed by atoms with E-state index in [9.17, 15) is 4.79 Å². The van der Waals surface area contributed by atoms with Gasteiger partial charge in [0.25, 0.3) is 0 Å². The van der Waals surface area contributed by atoms with E-state index in [0.29, 0.717) is 6.54 Å². The van der Waals surface area contributed by atoms with Crippen molar-refractivity contribution < 1.29 is 4.79 Å². The fourth-order valence-electron chi connectivity index (χ4n) is 2.99. The van der Waals surface area contributed by atoms with Gasteiger partial charge in [0.1, 0.15) is 0 Å². The van der Waals surface area contributed by atoms with Crippen molar-refractivity contribution in [1.29, 1.82) is 0 Å². The Morgan fingerprint density at radius 1 is 1.17 bits per heavy atom. The number of para-hydroxylation sites is 1. The van der Waals surface area contributed by atoms with Crippen molar-refractivity contribution in [3.8, 4) is 0 Å². The molecule has 1 saturated heterocycles. The van der Waals surface area contributed by atoms with E-state index in [0.717, 1.165) is 49.3 Å². The second-order valence-electron chi connectivity index (χ2n) is 6.36. The number of urea groups is 1. The normalized spacial score (nSPS) is 15.1. The molecule has 0 saturated carbocycles. The summed E-state index contributed by atoms with van der Waals surface area (Å²) in [5, 5.41) is 4.13. The predicted octanol–water partition coefficient (Wildman–Crippen LogP) is 1.63. The SMILES string of the molecule is CN(C)CCNC(=O)N1CCN(c2cccc3cccnc23)CC1. The monoisotopic (exact) mass is 327 g/mol. The minimum atomic E-state index is 0.0348. The summed E-state index contributed by atoms with van der Waals surface area (Å²) in [6.45, 7) is 4.66. The van der Waals surface area contributed by atoms with Crippen LogP contribution in [0.2, 0.25) is 0 Å². The van der Waals surface area contributed by atoms with Gasteiger partial charge >= 0.3 is 6.03 Å². The number of anilines is 1. The molecule has 0 atom stereocenters. The first kappa shape index (κ1) is 16.5. The zero-order valence-electron chi connectivity index (χ0n) is 14.4. The number of hydrogen-bond acceptors (Lipinski definition) is 4. The Balaban J connectivity index is 1.59. The van der Waals surface area contributed by atoms with Gasteiger partial charge in [-0.3, -0.25) is 4.98 Å². The first-order chi connectivity index (χ1) is 11.6. The molecule has 2 aromatic rings. The highest BCUT2D eigenvalue weighted by molar-refractivity contribution is 5.90. The first-order valence-electron chi connectivity index (χ1n) is 8.41. The van der Waals surface area contributed by atoms with Gasteiger partial charge in [-0.2, -0.15) is 0 Å². The molecule has 1 aliphatic rings. The van der Waals surface area contributed by atoms with Crippen LogP contribution >= 0.6 is 0 Å². The molecule has 0 bridgehead atoms. The van der Waals surface area contributed by atoms with Crippen molar-refractivity contribution in [2.75, 3.05) is 58.3 Å². The molecule has 0 aliphatic carbocycles. The molecule has 6 heteroatoms. The van der Waals surface area contributed by atoms with Gasteiger partial charge in [0.15, 0.2) is 0 Å². The van der Waals surface area contributed by atoms with Crippen LogP contribution in [0, 0.1) is 0 Å². The number of likely N-dealkylation sites (N-methyl/N-ethyl adjacent to an activating group) is 1. The highest BCUT2D eigenvalue weighted by atomic mass is 16.2. The van der Waals surface area contributed by atoms with Crippen molar-refractivity contribution >= 4 is 22.6 Å². The summed E-state index contributed by atoms with van der Waals surface area (Å²) in [7, 11) is 4.01. The molecule has 1 aromatic heterocycles. The minimum Gasteiger partial charge on any atom is -0.366 e. The first-order valence-corrected chi connectivity index (χ1v) is 8.41. The molecular formula is C18H25N5O. The topological polar surface area (TPSA) is 51.7 Å². The molecule has 24 heavy (non-hydrogen) atoms. The molecule has 2 amide bonds. The fraction of sp³-hybridized carbons (Fsp3) is 0.444. The molecule has 0 radical (unpaired) electrons. The number of aromatic nitrogens is 1. The maximum atomic E-state index is 12.2. The van der Waals surface area contributed by atoms with E-state index < -0.39 is 0 Å². The Bertz CT molecular complexity index is 689. The number of nitrogens with one attached hydrogen (secondary N) is 1. The lowest BCUT2D eigenvalue weighted by atomic mass is 10.1. The number of pyridine rings is 1. The quantitative estimate of drug-likeness (QED) is 0.927. The lowest BCUT2D eigenvalue weighted by Gasteiger charge is -2.36. The molecular weight excluding hydrogens is 302 g/mol. The Morgan fingerprint density at radius 2 is 1.92 bits per heavy atom. The second-order valence-corrected chi connectivity index (χ2v) is 6.36. The predicted molar refractivity (Wildman–Crippen MR) is 97.5 cm³/mol. The van der Waals surface area contributed by atoms with Gasteiger partial charge in [-0.05, 0) is 26.2 Å². The molecule has 128 valence electrons. The average Bonchev–Trinajstić information content (AvgIpc) is 2.61. The summed E-state index contributed by atoms with van der Waals surface area (Å²) in [4.78, 5) is 23.0. The number of benzene rings is 1. The van der Waals surface area contributed by atoms with Gasteiger partial charge in [-0.25, -0.2) is 4.79 Å². The number of carbonyl (C=O) groups is 1. The van der Waals surface area contributed by atoms with Crippen molar-refractivity contribution in [2.45, 2.75) is 0 Å². The third-order valence-corrected chi connectivity index (χ3v) is 4.35. The van der Waals surface area contributed by atoms with E-state index in [1.807, 2.05) is 31.3 Å². The van der Waals surface area contributed by atoms with E-state index in [1.165, 1.54) is 0 Å². The number of nitrogens with zero attached hydrogens (tertiary/aromatic N) is 4. The van der Waals surface area contributed by atoms with Crippen molar-refractivity contribution in [2.24, 2.45) is 0 Å². The van der Waals surface area contributed by atoms with Crippen LogP contribution in [-0.4, -0.2) is 74.2 Å². The summed E-state index contributed by atoms with van der Waals surface area (Å²) in [5.41, 5.74) is 2.18. The largest absolute Gasteiger partial charge is 0.366 e. The summed E-state index contributed by atoms with van der Waals surface area (Å²) in [6.07, 6.45) is 1.83. The molecule has 3 rings (SSSR count). The highest BCUT2D eigenvalue weighted by Gasteiger charge is 2.22. The van der Waals surface area contributed by atoms with Crippen LogP contribution in [0.3, 0.4) is 0 Å².